The van der Waals surface area contributed by atoms with Gasteiger partial charge in [0.05, 0.1) is 53.6 Å². The molecule has 0 amide bonds. The number of β-amino-alcohol motifs (C(OH)–C–C–N with tert-alkyl or cyclic N) is 2. The molecule has 131 heavy (non-hydrogen) atoms. The second-order valence-electron chi connectivity index (χ2n) is 39.8. The highest BCUT2D eigenvalue weighted by Crippen LogP contribution is 2.48. The van der Waals surface area contributed by atoms with Gasteiger partial charge in [0, 0.05) is 187 Å². The summed E-state index contributed by atoms with van der Waals surface area (Å²) in [6, 6.07) is 61.7. The van der Waals surface area contributed by atoms with Crippen LogP contribution in [0.2, 0.25) is 0 Å². The van der Waals surface area contributed by atoms with E-state index in [1.807, 2.05) is 14.2 Å². The Morgan fingerprint density at radius 2 is 0.504 bits per heavy atom. The van der Waals surface area contributed by atoms with Crippen molar-refractivity contribution in [2.75, 3.05) is 165 Å². The Balaban J connectivity index is 0.000000106. The van der Waals surface area contributed by atoms with Crippen LogP contribution in [0.5, 0.6) is 5.75 Å². The Bertz CT molecular complexity index is 5870. The van der Waals surface area contributed by atoms with Gasteiger partial charge in [-0.15, -0.1) is 0 Å². The Labute approximate surface area is 773 Å². The van der Waals surface area contributed by atoms with Crippen molar-refractivity contribution in [1.29, 1.82) is 0 Å². The summed E-state index contributed by atoms with van der Waals surface area (Å²) >= 11 is 0. The minimum atomic E-state index is -0.223. The van der Waals surface area contributed by atoms with Crippen LogP contribution >= 0.6 is 0 Å². The molecule has 8 aliphatic heterocycles. The highest BCUT2D eigenvalue weighted by atomic mass is 16.5. The fourth-order valence-electron chi connectivity index (χ4n) is 22.3. The van der Waals surface area contributed by atoms with Crippen LogP contribution in [0.1, 0.15) is 238 Å². The lowest BCUT2D eigenvalue weighted by Gasteiger charge is -2.34. The molecule has 8 aromatic carbocycles. The number of para-hydroxylation sites is 1. The third-order valence-electron chi connectivity index (χ3n) is 30.9. The number of anilines is 8. The lowest BCUT2D eigenvalue weighted by Crippen LogP contribution is -2.34. The van der Waals surface area contributed by atoms with Crippen LogP contribution in [0.15, 0.2) is 170 Å². The molecule has 12 fully saturated rings. The maximum absolute atomic E-state index is 10.0. The molecule has 21 heteroatoms. The SMILES string of the molecule is CO[C@@H]1CCN(c2ccc3nc(C4CC4)nc(N4CCC(c5ccccc5C)CC4)c3c2)C1.COc1ccccc1C1CCN(c2nc(C3CC3)nc3ccc(N4CCC(OC)C4)cc23)CC1.Cc1ccccc1C1CCN(c2nc(C3CC3)nc3ccc(N4CC[C@@H](O)C4)cc23)CC1.Cc1ccccc1C1CCN(c2nc(C3CC3)nc3ccc(N4CC[C@H](O)C4)cc23)CC1. The lowest BCUT2D eigenvalue weighted by atomic mass is 9.87. The molecule has 2 N–H and O–H groups in total. The molecule has 4 saturated carbocycles. The van der Waals surface area contributed by atoms with Crippen LogP contribution in [-0.4, -0.2) is 201 Å². The molecular formula is C110H132N16O5. The van der Waals surface area contributed by atoms with Crippen molar-refractivity contribution in [3.8, 4) is 5.75 Å². The summed E-state index contributed by atoms with van der Waals surface area (Å²) in [7, 11) is 5.40. The topological polar surface area (TPSA) is 197 Å². The first-order valence-corrected chi connectivity index (χ1v) is 49.7. The number of hydrogen-bond acceptors (Lipinski definition) is 21. The summed E-state index contributed by atoms with van der Waals surface area (Å²) in [6.45, 7) is 22.2. The number of benzene rings is 8. The van der Waals surface area contributed by atoms with Gasteiger partial charge in [-0.2, -0.15) is 0 Å². The molecule has 24 rings (SSSR count). The van der Waals surface area contributed by atoms with Crippen molar-refractivity contribution in [1.82, 2.24) is 39.9 Å². The summed E-state index contributed by atoms with van der Waals surface area (Å²) in [4.78, 5) is 59.9. The lowest BCUT2D eigenvalue weighted by molar-refractivity contribution is 0.121. The zero-order valence-electron chi connectivity index (χ0n) is 77.8. The molecule has 4 atom stereocenters. The molecule has 12 aliphatic rings. The van der Waals surface area contributed by atoms with Crippen molar-refractivity contribution < 1.29 is 24.4 Å². The van der Waals surface area contributed by atoms with Crippen LogP contribution in [0.25, 0.3) is 43.6 Å². The highest BCUT2D eigenvalue weighted by Gasteiger charge is 2.38. The Hall–Kier alpha value is -10.8. The van der Waals surface area contributed by atoms with Gasteiger partial charge in [0.2, 0.25) is 0 Å². The van der Waals surface area contributed by atoms with Gasteiger partial charge < -0.3 is 63.6 Å². The van der Waals surface area contributed by atoms with Gasteiger partial charge in [-0.05, 0) is 291 Å². The molecule has 4 aromatic heterocycles. The standard InChI is InChI=1S/C28H34N4O2.C28H34N4O.2C27H32N4O/c1-33-22-13-16-32(18-22)21-9-10-25-24(17-21)28(30-27(29-25)20-7-8-20)31-14-11-19(12-15-31)23-5-3-4-6-26(23)34-2;1-19-5-3-4-6-24(19)20-11-14-31(15-12-20)28-25-17-22(32-16-13-23(18-32)33-2)9-10-26(25)29-27(30-28)21-7-8-21;2*1-18-4-2-3-5-23(18)19-10-13-30(14-11-19)27-24-16-21(31-15-12-22(32)17-31)8-9-25(24)28-26(29-27)20-6-7-20/h3-6,9-10,17,19-20,22H,7-8,11-16,18H2,1-2H3;3-6,9-10,17,20-21,23H,7-8,11-16,18H2,1-2H3;2*2-5,8-9,16,19-20,22,32H,6-7,10-15,17H2,1H3/t;23-;2*22-/m.110/s1. The number of hydrogen-bond donors (Lipinski definition) is 2. The van der Waals surface area contributed by atoms with Gasteiger partial charge >= 0.3 is 0 Å². The fraction of sp³-hybridized carbons (Fsp3) is 0.491. The fourth-order valence-corrected chi connectivity index (χ4v) is 22.3. The summed E-state index contributed by atoms with van der Waals surface area (Å²) in [5.41, 5.74) is 19.3. The molecule has 0 radical (unpaired) electrons. The number of methoxy groups -OCH3 is 3. The normalized spacial score (nSPS) is 21.9. The maximum atomic E-state index is 10.0. The predicted molar refractivity (Wildman–Crippen MR) is 530 cm³/mol. The van der Waals surface area contributed by atoms with E-state index >= 15 is 0 Å². The maximum Gasteiger partial charge on any atom is 0.140 e. The third kappa shape index (κ3) is 19.3. The number of piperidine rings is 4. The summed E-state index contributed by atoms with van der Waals surface area (Å²) in [5.74, 6) is 14.2. The van der Waals surface area contributed by atoms with E-state index in [-0.39, 0.29) is 12.2 Å². The number of aromatic nitrogens is 8. The quantitative estimate of drug-likeness (QED) is 0.0774. The van der Waals surface area contributed by atoms with E-state index in [2.05, 4.69) is 230 Å². The Kier molecular flexibility index (Phi) is 25.5. The van der Waals surface area contributed by atoms with Crippen molar-refractivity contribution in [3.63, 3.8) is 0 Å². The van der Waals surface area contributed by atoms with Crippen LogP contribution in [-0.2, 0) is 9.47 Å². The van der Waals surface area contributed by atoms with E-state index in [0.717, 1.165) is 241 Å². The van der Waals surface area contributed by atoms with E-state index in [4.69, 9.17) is 54.1 Å². The number of rotatable bonds is 19. The van der Waals surface area contributed by atoms with Gasteiger partial charge in [0.15, 0.2) is 0 Å². The monoisotopic (exact) mass is 1760 g/mol. The van der Waals surface area contributed by atoms with Gasteiger partial charge in [-0.3, -0.25) is 0 Å². The van der Waals surface area contributed by atoms with Gasteiger partial charge in [-0.1, -0.05) is 91.0 Å². The number of nitrogens with zero attached hydrogens (tertiary/aromatic N) is 16. The first-order chi connectivity index (χ1) is 64.2. The van der Waals surface area contributed by atoms with E-state index in [1.54, 1.807) is 7.11 Å². The third-order valence-corrected chi connectivity index (χ3v) is 30.9. The smallest absolute Gasteiger partial charge is 0.140 e. The number of aryl methyl sites for hydroxylation is 3. The molecule has 21 nitrogen and oxygen atoms in total. The van der Waals surface area contributed by atoms with E-state index in [9.17, 15) is 10.2 Å². The first-order valence-electron chi connectivity index (χ1n) is 49.7. The van der Waals surface area contributed by atoms with E-state index in [0.29, 0.717) is 72.6 Å². The summed E-state index contributed by atoms with van der Waals surface area (Å²) in [5, 5.41) is 24.7. The molecule has 12 heterocycles. The average Bonchev–Trinajstić information content (AvgIpc) is 1.75. The van der Waals surface area contributed by atoms with E-state index in [1.165, 1.54) is 137 Å². The second kappa shape index (κ2) is 38.4. The van der Waals surface area contributed by atoms with E-state index < -0.39 is 0 Å². The van der Waals surface area contributed by atoms with Gasteiger partial charge in [0.1, 0.15) is 52.3 Å². The summed E-state index contributed by atoms with van der Waals surface area (Å²) in [6.07, 6.45) is 23.0. The molecule has 682 valence electrons. The second-order valence-corrected chi connectivity index (χ2v) is 39.8. The van der Waals surface area contributed by atoms with Crippen LogP contribution in [0.3, 0.4) is 0 Å². The number of aliphatic hydroxyl groups excluding tert-OH is 2. The molecule has 4 aliphatic carbocycles. The molecule has 0 bridgehead atoms. The number of fused-ring (bicyclic) bond motifs is 4. The molecule has 1 unspecified atom stereocenters. The molecule has 12 aromatic rings. The summed E-state index contributed by atoms with van der Waals surface area (Å²) < 4.78 is 16.8. The van der Waals surface area contributed by atoms with Crippen molar-refractivity contribution in [2.45, 2.75) is 221 Å². The Morgan fingerprint density at radius 1 is 0.252 bits per heavy atom. The zero-order chi connectivity index (χ0) is 88.7. The van der Waals surface area contributed by atoms with Crippen LogP contribution in [0.4, 0.5) is 46.0 Å². The minimum absolute atomic E-state index is 0.223. The van der Waals surface area contributed by atoms with Crippen molar-refractivity contribution in [3.05, 3.63) is 232 Å². The van der Waals surface area contributed by atoms with Gasteiger partial charge in [-0.25, -0.2) is 39.9 Å². The highest BCUT2D eigenvalue weighted by molar-refractivity contribution is 5.96. The predicted octanol–water partition coefficient (Wildman–Crippen LogP) is 20.1. The van der Waals surface area contributed by atoms with Gasteiger partial charge in [0.25, 0.3) is 0 Å². The van der Waals surface area contributed by atoms with Crippen LogP contribution in [0, 0.1) is 20.8 Å². The number of ether oxygens (including phenoxy) is 3. The molecule has 0 spiro atoms. The van der Waals surface area contributed by atoms with Crippen molar-refractivity contribution >= 4 is 89.6 Å². The van der Waals surface area contributed by atoms with Crippen molar-refractivity contribution in [2.24, 2.45) is 0 Å². The molecular weight excluding hydrogens is 1630 g/mol. The first kappa shape index (κ1) is 86.9. The van der Waals surface area contributed by atoms with Crippen LogP contribution < -0.4 is 43.9 Å². The zero-order valence-corrected chi connectivity index (χ0v) is 77.8. The molecule has 8 saturated heterocycles. The largest absolute Gasteiger partial charge is 0.496 e. The minimum Gasteiger partial charge on any atom is -0.496 e. The number of aliphatic hydroxyl groups is 2. The Morgan fingerprint density at radius 3 is 0.756 bits per heavy atom. The average molecular weight is 1760 g/mol.